The molecule has 0 bridgehead atoms. The molecule has 1 saturated heterocycles. The first kappa shape index (κ1) is 17.9. The van der Waals surface area contributed by atoms with Crippen molar-refractivity contribution in [2.75, 3.05) is 13.1 Å². The highest BCUT2D eigenvalue weighted by molar-refractivity contribution is 5.82. The smallest absolute Gasteiger partial charge is 0.239 e. The molecule has 0 aromatic heterocycles. The average Bonchev–Trinajstić information content (AvgIpc) is 2.63. The van der Waals surface area contributed by atoms with Crippen LogP contribution in [0.15, 0.2) is 30.3 Å². The number of hydrogen-bond acceptors (Lipinski definition) is 3. The van der Waals surface area contributed by atoms with Crippen molar-refractivity contribution in [2.45, 2.75) is 57.0 Å². The van der Waals surface area contributed by atoms with Crippen LogP contribution in [0, 0.1) is 5.92 Å². The van der Waals surface area contributed by atoms with Crippen molar-refractivity contribution in [1.82, 2.24) is 10.2 Å². The highest BCUT2D eigenvalue weighted by Gasteiger charge is 2.33. The van der Waals surface area contributed by atoms with E-state index in [1.807, 2.05) is 30.3 Å². The summed E-state index contributed by atoms with van der Waals surface area (Å²) in [6.45, 7) is 1.40. The molecule has 5 heteroatoms. The van der Waals surface area contributed by atoms with Crippen molar-refractivity contribution < 1.29 is 9.59 Å². The van der Waals surface area contributed by atoms with E-state index >= 15 is 0 Å². The van der Waals surface area contributed by atoms with Gasteiger partial charge in [0.1, 0.15) is 6.04 Å². The number of primary amides is 1. The molecular formula is C20H29N3O2. The van der Waals surface area contributed by atoms with Crippen molar-refractivity contribution in [3.8, 4) is 0 Å². The molecule has 0 spiro atoms. The monoisotopic (exact) mass is 343 g/mol. The zero-order chi connectivity index (χ0) is 17.6. The number of hydrogen-bond donors (Lipinski definition) is 2. The van der Waals surface area contributed by atoms with Crippen LogP contribution >= 0.6 is 0 Å². The van der Waals surface area contributed by atoms with Crippen molar-refractivity contribution >= 4 is 11.8 Å². The van der Waals surface area contributed by atoms with E-state index in [1.54, 1.807) is 0 Å². The van der Waals surface area contributed by atoms with Gasteiger partial charge < -0.3 is 11.1 Å². The summed E-state index contributed by atoms with van der Waals surface area (Å²) >= 11 is 0. The van der Waals surface area contributed by atoms with Gasteiger partial charge in [0.05, 0.1) is 5.92 Å². The zero-order valence-corrected chi connectivity index (χ0v) is 14.8. The number of nitrogens with one attached hydrogen (secondary N) is 1. The van der Waals surface area contributed by atoms with E-state index in [0.29, 0.717) is 12.6 Å². The topological polar surface area (TPSA) is 75.4 Å². The lowest BCUT2D eigenvalue weighted by Gasteiger charge is -2.37. The van der Waals surface area contributed by atoms with E-state index in [2.05, 4.69) is 10.2 Å². The third kappa shape index (κ3) is 4.60. The molecule has 136 valence electrons. The summed E-state index contributed by atoms with van der Waals surface area (Å²) < 4.78 is 0. The first-order valence-corrected chi connectivity index (χ1v) is 9.54. The van der Waals surface area contributed by atoms with Gasteiger partial charge in [0.2, 0.25) is 11.8 Å². The van der Waals surface area contributed by atoms with Gasteiger partial charge in [-0.25, -0.2) is 0 Å². The summed E-state index contributed by atoms with van der Waals surface area (Å²) in [4.78, 5) is 26.8. The zero-order valence-electron chi connectivity index (χ0n) is 14.8. The molecule has 5 nitrogen and oxygen atoms in total. The molecule has 2 atom stereocenters. The van der Waals surface area contributed by atoms with E-state index < -0.39 is 6.04 Å². The van der Waals surface area contributed by atoms with Crippen LogP contribution in [0.25, 0.3) is 0 Å². The van der Waals surface area contributed by atoms with Gasteiger partial charge in [-0.1, -0.05) is 49.6 Å². The van der Waals surface area contributed by atoms with Crippen molar-refractivity contribution in [2.24, 2.45) is 11.7 Å². The second-order valence-electron chi connectivity index (χ2n) is 7.39. The molecular weight excluding hydrogens is 314 g/mol. The Bertz CT molecular complexity index is 584. The fraction of sp³-hybridized carbons (Fsp3) is 0.600. The Morgan fingerprint density at radius 1 is 1.04 bits per heavy atom. The van der Waals surface area contributed by atoms with Crippen LogP contribution in [0.4, 0.5) is 0 Å². The van der Waals surface area contributed by atoms with Crippen LogP contribution in [0.5, 0.6) is 0 Å². The molecule has 1 aromatic carbocycles. The maximum Gasteiger partial charge on any atom is 0.239 e. The summed E-state index contributed by atoms with van der Waals surface area (Å²) in [5.41, 5.74) is 6.60. The number of piperidine rings is 1. The summed E-state index contributed by atoms with van der Waals surface area (Å²) in [5, 5.41) is 3.24. The van der Waals surface area contributed by atoms with Crippen LogP contribution < -0.4 is 11.1 Å². The standard InChI is InChI=1S/C20H29N3O2/c21-19(24)18(15-8-3-1-4-9-15)23-13-7-10-16(14-23)20(25)22-17-11-5-2-6-12-17/h1,3-4,8-9,16-18H,2,5-7,10-14H2,(H2,21,24)(H,22,25)/t16-,18+/m1/s1. The molecule has 2 amide bonds. The van der Waals surface area contributed by atoms with Crippen molar-refractivity contribution in [1.29, 1.82) is 0 Å². The van der Waals surface area contributed by atoms with Crippen LogP contribution in [-0.2, 0) is 9.59 Å². The molecule has 1 heterocycles. The molecule has 3 N–H and O–H groups in total. The number of nitrogens with two attached hydrogens (primary N) is 1. The van der Waals surface area contributed by atoms with Gasteiger partial charge in [0.25, 0.3) is 0 Å². The molecule has 1 aliphatic heterocycles. The Hall–Kier alpha value is -1.88. The highest BCUT2D eigenvalue weighted by atomic mass is 16.2. The number of benzene rings is 1. The lowest BCUT2D eigenvalue weighted by atomic mass is 9.91. The molecule has 2 fully saturated rings. The molecule has 1 aromatic rings. The summed E-state index contributed by atoms with van der Waals surface area (Å²) in [7, 11) is 0. The molecule has 1 saturated carbocycles. The minimum atomic E-state index is -0.452. The van der Waals surface area contributed by atoms with E-state index in [-0.39, 0.29) is 17.7 Å². The van der Waals surface area contributed by atoms with E-state index in [1.165, 1.54) is 19.3 Å². The number of carbonyl (C=O) groups is 2. The van der Waals surface area contributed by atoms with E-state index in [4.69, 9.17) is 5.73 Å². The van der Waals surface area contributed by atoms with Crippen LogP contribution in [-0.4, -0.2) is 35.8 Å². The predicted molar refractivity (Wildman–Crippen MR) is 97.7 cm³/mol. The fourth-order valence-electron chi connectivity index (χ4n) is 4.21. The van der Waals surface area contributed by atoms with E-state index in [0.717, 1.165) is 37.8 Å². The first-order chi connectivity index (χ1) is 12.1. The molecule has 3 rings (SSSR count). The summed E-state index contributed by atoms with van der Waals surface area (Å²) in [6.07, 6.45) is 7.68. The second kappa shape index (κ2) is 8.48. The Morgan fingerprint density at radius 3 is 2.44 bits per heavy atom. The predicted octanol–water partition coefficient (Wildman–Crippen LogP) is 2.37. The quantitative estimate of drug-likeness (QED) is 0.862. The van der Waals surface area contributed by atoms with Crippen LogP contribution in [0.1, 0.15) is 56.6 Å². The number of likely N-dealkylation sites (tertiary alicyclic amines) is 1. The van der Waals surface area contributed by atoms with Gasteiger partial charge in [-0.15, -0.1) is 0 Å². The van der Waals surface area contributed by atoms with Gasteiger partial charge >= 0.3 is 0 Å². The minimum absolute atomic E-state index is 0.0544. The average molecular weight is 343 g/mol. The number of rotatable bonds is 5. The Kier molecular flexibility index (Phi) is 6.08. The lowest BCUT2D eigenvalue weighted by Crippen LogP contribution is -2.49. The van der Waals surface area contributed by atoms with Gasteiger partial charge in [0, 0.05) is 12.6 Å². The molecule has 25 heavy (non-hydrogen) atoms. The SMILES string of the molecule is NC(=O)[C@H](c1ccccc1)N1CCC[C@@H](C(=O)NC2CCCCC2)C1. The molecule has 2 aliphatic rings. The number of carbonyl (C=O) groups excluding carboxylic acids is 2. The van der Waals surface area contributed by atoms with Gasteiger partial charge in [-0.05, 0) is 37.8 Å². The van der Waals surface area contributed by atoms with Gasteiger partial charge in [0.15, 0.2) is 0 Å². The van der Waals surface area contributed by atoms with Crippen molar-refractivity contribution in [3.05, 3.63) is 35.9 Å². The Labute approximate surface area is 150 Å². The van der Waals surface area contributed by atoms with Crippen LogP contribution in [0.2, 0.25) is 0 Å². The third-order valence-electron chi connectivity index (χ3n) is 5.53. The molecule has 0 unspecified atom stereocenters. The Morgan fingerprint density at radius 2 is 1.76 bits per heavy atom. The third-order valence-corrected chi connectivity index (χ3v) is 5.53. The highest BCUT2D eigenvalue weighted by Crippen LogP contribution is 2.27. The van der Waals surface area contributed by atoms with Crippen molar-refractivity contribution in [3.63, 3.8) is 0 Å². The summed E-state index contributed by atoms with van der Waals surface area (Å²) in [5.74, 6) is -0.256. The molecule has 0 radical (unpaired) electrons. The maximum atomic E-state index is 12.7. The normalized spacial score (nSPS) is 23.8. The minimum Gasteiger partial charge on any atom is -0.368 e. The summed E-state index contributed by atoms with van der Waals surface area (Å²) in [6, 6.07) is 9.51. The molecule has 1 aliphatic carbocycles. The van der Waals surface area contributed by atoms with E-state index in [9.17, 15) is 9.59 Å². The first-order valence-electron chi connectivity index (χ1n) is 9.54. The maximum absolute atomic E-state index is 12.7. The fourth-order valence-corrected chi connectivity index (χ4v) is 4.21. The number of amides is 2. The lowest BCUT2D eigenvalue weighted by molar-refractivity contribution is -0.131. The number of nitrogens with zero attached hydrogens (tertiary/aromatic N) is 1. The largest absolute Gasteiger partial charge is 0.368 e. The van der Waals surface area contributed by atoms with Gasteiger partial charge in [-0.3, -0.25) is 14.5 Å². The second-order valence-corrected chi connectivity index (χ2v) is 7.39. The van der Waals surface area contributed by atoms with Gasteiger partial charge in [-0.2, -0.15) is 0 Å². The van der Waals surface area contributed by atoms with Crippen LogP contribution in [0.3, 0.4) is 0 Å². The Balaban J connectivity index is 1.64.